The molecule has 2 unspecified atom stereocenters. The lowest BCUT2D eigenvalue weighted by atomic mass is 9.66. The van der Waals surface area contributed by atoms with Gasteiger partial charge in [-0.05, 0) is 19.8 Å². The topological polar surface area (TPSA) is 61.1 Å². The van der Waals surface area contributed by atoms with Crippen molar-refractivity contribution in [3.05, 3.63) is 0 Å². The van der Waals surface area contributed by atoms with Crippen LogP contribution in [0.15, 0.2) is 0 Å². The van der Waals surface area contributed by atoms with Crippen molar-refractivity contribution in [2.45, 2.75) is 38.5 Å². The summed E-state index contributed by atoms with van der Waals surface area (Å²) < 4.78 is 0. The minimum atomic E-state index is -1.06. The Labute approximate surface area is 88.7 Å². The number of hydrogen-bond acceptors (Lipinski definition) is 2. The standard InChI is InChI=1S/C10H14ClNO2/c1-8(2)9(3,7(13)14)4-5-10(8,11)6-12/h4-5H2,1-3H3,(H,13,14). The first-order chi connectivity index (χ1) is 6.21. The van der Waals surface area contributed by atoms with Gasteiger partial charge in [-0.1, -0.05) is 13.8 Å². The van der Waals surface area contributed by atoms with E-state index in [0.29, 0.717) is 12.8 Å². The lowest BCUT2D eigenvalue weighted by Crippen LogP contribution is -2.46. The quantitative estimate of drug-likeness (QED) is 0.684. The van der Waals surface area contributed by atoms with Crippen molar-refractivity contribution >= 4 is 17.6 Å². The fourth-order valence-corrected chi connectivity index (χ4v) is 2.36. The molecule has 0 heterocycles. The van der Waals surface area contributed by atoms with Crippen molar-refractivity contribution in [2.75, 3.05) is 0 Å². The summed E-state index contributed by atoms with van der Waals surface area (Å²) in [4.78, 5) is 10.1. The molecule has 0 aliphatic heterocycles. The third kappa shape index (κ3) is 1.07. The maximum absolute atomic E-state index is 11.2. The lowest BCUT2D eigenvalue weighted by molar-refractivity contribution is -0.153. The zero-order chi connectivity index (χ0) is 11.2. The summed E-state index contributed by atoms with van der Waals surface area (Å²) >= 11 is 6.15. The van der Waals surface area contributed by atoms with Crippen molar-refractivity contribution in [2.24, 2.45) is 10.8 Å². The van der Waals surface area contributed by atoms with Crippen molar-refractivity contribution in [1.82, 2.24) is 0 Å². The first-order valence-corrected chi connectivity index (χ1v) is 4.93. The normalized spacial score (nSPS) is 40.5. The molecule has 0 aromatic carbocycles. The van der Waals surface area contributed by atoms with Crippen LogP contribution in [-0.4, -0.2) is 16.0 Å². The maximum atomic E-state index is 11.2. The van der Waals surface area contributed by atoms with Crippen LogP contribution in [0.2, 0.25) is 0 Å². The molecule has 1 N–H and O–H groups in total. The summed E-state index contributed by atoms with van der Waals surface area (Å²) in [7, 11) is 0. The predicted octanol–water partition coefficient (Wildman–Crippen LogP) is 2.40. The molecule has 0 radical (unpaired) electrons. The number of aliphatic carboxylic acids is 1. The summed E-state index contributed by atoms with van der Waals surface area (Å²) in [5.74, 6) is -0.875. The minimum Gasteiger partial charge on any atom is -0.481 e. The van der Waals surface area contributed by atoms with Crippen LogP contribution < -0.4 is 0 Å². The Morgan fingerprint density at radius 1 is 1.43 bits per heavy atom. The largest absolute Gasteiger partial charge is 0.481 e. The van der Waals surface area contributed by atoms with E-state index in [4.69, 9.17) is 22.0 Å². The Hall–Kier alpha value is -0.750. The Morgan fingerprint density at radius 2 is 1.93 bits per heavy atom. The van der Waals surface area contributed by atoms with Gasteiger partial charge < -0.3 is 5.11 Å². The summed E-state index contributed by atoms with van der Waals surface area (Å²) in [5, 5.41) is 18.2. The summed E-state index contributed by atoms with van der Waals surface area (Å²) in [6, 6.07) is 2.04. The molecule has 1 saturated carbocycles. The van der Waals surface area contributed by atoms with Gasteiger partial charge in [-0.25, -0.2) is 0 Å². The van der Waals surface area contributed by atoms with E-state index in [1.54, 1.807) is 20.8 Å². The van der Waals surface area contributed by atoms with Crippen molar-refractivity contribution in [3.63, 3.8) is 0 Å². The van der Waals surface area contributed by atoms with Crippen molar-refractivity contribution in [3.8, 4) is 6.07 Å². The average molecular weight is 216 g/mol. The minimum absolute atomic E-state index is 0.431. The summed E-state index contributed by atoms with van der Waals surface area (Å²) in [6.07, 6.45) is 0.882. The molecule has 78 valence electrons. The molecule has 0 aromatic rings. The molecule has 4 heteroatoms. The number of carboxylic acids is 1. The number of carboxylic acid groups (broad SMARTS) is 1. The van der Waals surface area contributed by atoms with Crippen LogP contribution >= 0.6 is 11.6 Å². The zero-order valence-electron chi connectivity index (χ0n) is 8.59. The van der Waals surface area contributed by atoms with Gasteiger partial charge in [-0.2, -0.15) is 5.26 Å². The number of carbonyl (C=O) groups is 1. The number of halogens is 1. The second kappa shape index (κ2) is 2.87. The van der Waals surface area contributed by atoms with Crippen LogP contribution in [0.4, 0.5) is 0 Å². The number of nitrogens with zero attached hydrogens (tertiary/aromatic N) is 1. The SMILES string of the molecule is CC1(C(=O)O)CCC(Cl)(C#N)C1(C)C. The van der Waals surface area contributed by atoms with Crippen LogP contribution in [0.5, 0.6) is 0 Å². The Kier molecular flexibility index (Phi) is 2.32. The average Bonchev–Trinajstić information content (AvgIpc) is 2.28. The number of hydrogen-bond donors (Lipinski definition) is 1. The third-order valence-corrected chi connectivity index (χ3v) is 4.73. The van der Waals surface area contributed by atoms with Gasteiger partial charge in [0, 0.05) is 5.41 Å². The second-order valence-electron chi connectivity index (χ2n) is 4.68. The molecule has 0 spiro atoms. The lowest BCUT2D eigenvalue weighted by Gasteiger charge is -2.39. The van der Waals surface area contributed by atoms with E-state index < -0.39 is 21.7 Å². The molecule has 1 aliphatic rings. The van der Waals surface area contributed by atoms with Gasteiger partial charge in [-0.3, -0.25) is 4.79 Å². The van der Waals surface area contributed by atoms with Gasteiger partial charge in [-0.15, -0.1) is 11.6 Å². The van der Waals surface area contributed by atoms with E-state index in [1.165, 1.54) is 0 Å². The molecular weight excluding hydrogens is 202 g/mol. The van der Waals surface area contributed by atoms with E-state index in [-0.39, 0.29) is 0 Å². The summed E-state index contributed by atoms with van der Waals surface area (Å²) in [6.45, 7) is 5.17. The highest BCUT2D eigenvalue weighted by molar-refractivity contribution is 6.27. The van der Waals surface area contributed by atoms with Gasteiger partial charge in [0.2, 0.25) is 0 Å². The highest BCUT2D eigenvalue weighted by Crippen LogP contribution is 2.60. The Balaban J connectivity index is 3.23. The van der Waals surface area contributed by atoms with Crippen molar-refractivity contribution < 1.29 is 9.90 Å². The van der Waals surface area contributed by atoms with E-state index in [0.717, 1.165) is 0 Å². The van der Waals surface area contributed by atoms with Gasteiger partial charge in [0.25, 0.3) is 0 Å². The molecule has 3 nitrogen and oxygen atoms in total. The first-order valence-electron chi connectivity index (χ1n) is 4.55. The fourth-order valence-electron chi connectivity index (χ4n) is 2.05. The highest BCUT2D eigenvalue weighted by Gasteiger charge is 2.64. The van der Waals surface area contributed by atoms with Crippen LogP contribution in [-0.2, 0) is 4.79 Å². The van der Waals surface area contributed by atoms with Crippen LogP contribution in [0.25, 0.3) is 0 Å². The first kappa shape index (κ1) is 11.3. The van der Waals surface area contributed by atoms with Crippen molar-refractivity contribution in [1.29, 1.82) is 5.26 Å². The van der Waals surface area contributed by atoms with Crippen LogP contribution in [0.1, 0.15) is 33.6 Å². The van der Waals surface area contributed by atoms with E-state index in [9.17, 15) is 4.79 Å². The predicted molar refractivity (Wildman–Crippen MR) is 53.0 cm³/mol. The molecule has 14 heavy (non-hydrogen) atoms. The van der Waals surface area contributed by atoms with E-state index >= 15 is 0 Å². The molecule has 1 aliphatic carbocycles. The van der Waals surface area contributed by atoms with Gasteiger partial charge in [0.05, 0.1) is 11.5 Å². The highest BCUT2D eigenvalue weighted by atomic mass is 35.5. The number of nitriles is 1. The third-order valence-electron chi connectivity index (χ3n) is 3.99. The maximum Gasteiger partial charge on any atom is 0.309 e. The van der Waals surface area contributed by atoms with E-state index in [1.807, 2.05) is 6.07 Å². The van der Waals surface area contributed by atoms with Crippen LogP contribution in [0.3, 0.4) is 0 Å². The zero-order valence-corrected chi connectivity index (χ0v) is 9.35. The Bertz CT molecular complexity index is 321. The monoisotopic (exact) mass is 215 g/mol. The number of rotatable bonds is 1. The molecule has 0 saturated heterocycles. The molecule has 0 bridgehead atoms. The number of alkyl halides is 1. The molecule has 0 aromatic heterocycles. The summed E-state index contributed by atoms with van der Waals surface area (Å²) in [5.41, 5.74) is -1.63. The molecule has 2 atom stereocenters. The Morgan fingerprint density at radius 3 is 2.14 bits per heavy atom. The molecule has 1 fully saturated rings. The molecular formula is C10H14ClNO2. The van der Waals surface area contributed by atoms with Gasteiger partial charge in [0.15, 0.2) is 0 Å². The molecule has 1 rings (SSSR count). The van der Waals surface area contributed by atoms with Gasteiger partial charge in [0.1, 0.15) is 4.87 Å². The smallest absolute Gasteiger partial charge is 0.309 e. The fraction of sp³-hybridized carbons (Fsp3) is 0.800. The van der Waals surface area contributed by atoms with Gasteiger partial charge >= 0.3 is 5.97 Å². The second-order valence-corrected chi connectivity index (χ2v) is 5.32. The molecule has 0 amide bonds. The van der Waals surface area contributed by atoms with Crippen LogP contribution in [0, 0.1) is 22.2 Å². The van der Waals surface area contributed by atoms with E-state index in [2.05, 4.69) is 0 Å².